The van der Waals surface area contributed by atoms with Gasteiger partial charge in [0, 0.05) is 24.4 Å². The molecule has 0 spiro atoms. The molecule has 1 fully saturated rings. The van der Waals surface area contributed by atoms with E-state index in [4.69, 9.17) is 0 Å². The van der Waals surface area contributed by atoms with Crippen LogP contribution in [0.15, 0.2) is 46.5 Å². The van der Waals surface area contributed by atoms with E-state index in [1.165, 1.54) is 24.3 Å². The molecule has 9 heteroatoms. The average Bonchev–Trinajstić information content (AvgIpc) is 3.38. The maximum Gasteiger partial charge on any atom is 0.292 e. The summed E-state index contributed by atoms with van der Waals surface area (Å²) in [6, 6.07) is 7.67. The van der Waals surface area contributed by atoms with Gasteiger partial charge in [-0.1, -0.05) is 23.9 Å². The van der Waals surface area contributed by atoms with E-state index >= 15 is 0 Å². The zero-order valence-electron chi connectivity index (χ0n) is 12.5. The highest BCUT2D eigenvalue weighted by Gasteiger charge is 2.25. The molecule has 1 aromatic carbocycles. The van der Waals surface area contributed by atoms with Gasteiger partial charge in [-0.2, -0.15) is 4.98 Å². The normalized spacial score (nSPS) is 13.5. The highest BCUT2D eigenvalue weighted by molar-refractivity contribution is 7.99. The summed E-state index contributed by atoms with van der Waals surface area (Å²) >= 11 is 1.14. The molecular weight excluding hydrogens is 332 g/mol. The molecule has 2 aromatic rings. The number of benzene rings is 1. The molecule has 0 aliphatic heterocycles. The number of amides is 1. The fraction of sp³-hybridized carbons (Fsp3) is 0.267. The average molecular weight is 346 g/mol. The first-order valence-electron chi connectivity index (χ1n) is 7.30. The molecule has 0 bridgehead atoms. The first-order chi connectivity index (χ1) is 11.5. The molecule has 8 nitrogen and oxygen atoms in total. The fourth-order valence-corrected chi connectivity index (χ4v) is 3.04. The van der Waals surface area contributed by atoms with Crippen molar-refractivity contribution in [3.05, 3.63) is 57.0 Å². The Bertz CT molecular complexity index is 847. The van der Waals surface area contributed by atoms with Crippen molar-refractivity contribution in [3.8, 4) is 0 Å². The summed E-state index contributed by atoms with van der Waals surface area (Å²) in [6.07, 6.45) is 3.75. The van der Waals surface area contributed by atoms with Gasteiger partial charge in [-0.25, -0.2) is 0 Å². The van der Waals surface area contributed by atoms with E-state index in [-0.39, 0.29) is 22.7 Å². The summed E-state index contributed by atoms with van der Waals surface area (Å²) in [5.74, 6) is -0.385. The molecule has 1 N–H and O–H groups in total. The van der Waals surface area contributed by atoms with Gasteiger partial charge in [-0.15, -0.1) is 0 Å². The summed E-state index contributed by atoms with van der Waals surface area (Å²) < 4.78 is 1.89. The minimum absolute atomic E-state index is 0.00915. The molecular formula is C15H14N4O4S. The van der Waals surface area contributed by atoms with Crippen molar-refractivity contribution in [3.63, 3.8) is 0 Å². The third-order valence-electron chi connectivity index (χ3n) is 3.45. The molecule has 3 rings (SSSR count). The monoisotopic (exact) mass is 346 g/mol. The Labute approximate surface area is 141 Å². The summed E-state index contributed by atoms with van der Waals surface area (Å²) in [6.45, 7) is 0. The predicted molar refractivity (Wildman–Crippen MR) is 89.2 cm³/mol. The highest BCUT2D eigenvalue weighted by Crippen LogP contribution is 2.37. The second kappa shape index (κ2) is 6.83. The van der Waals surface area contributed by atoms with Crippen LogP contribution in [0.1, 0.15) is 18.9 Å². The van der Waals surface area contributed by atoms with Gasteiger partial charge in [0.1, 0.15) is 5.69 Å². The first kappa shape index (κ1) is 16.2. The molecule has 0 radical (unpaired) electrons. The Kier molecular flexibility index (Phi) is 4.61. The highest BCUT2D eigenvalue weighted by atomic mass is 32.2. The van der Waals surface area contributed by atoms with E-state index < -0.39 is 10.8 Å². The quantitative estimate of drug-likeness (QED) is 0.372. The largest absolute Gasteiger partial charge is 0.324 e. The van der Waals surface area contributed by atoms with Gasteiger partial charge in [0.2, 0.25) is 5.91 Å². The van der Waals surface area contributed by atoms with Crippen molar-refractivity contribution in [1.82, 2.24) is 9.55 Å². The number of nitrogens with one attached hydrogen (secondary N) is 1. The molecule has 1 heterocycles. The van der Waals surface area contributed by atoms with Crippen molar-refractivity contribution < 1.29 is 9.72 Å². The van der Waals surface area contributed by atoms with Gasteiger partial charge in [0.05, 0.1) is 10.7 Å². The van der Waals surface area contributed by atoms with Gasteiger partial charge in [0.25, 0.3) is 11.2 Å². The Balaban J connectivity index is 1.68. The van der Waals surface area contributed by atoms with E-state index in [1.54, 1.807) is 12.3 Å². The first-order valence-corrected chi connectivity index (χ1v) is 8.28. The topological polar surface area (TPSA) is 107 Å². The summed E-state index contributed by atoms with van der Waals surface area (Å²) in [5, 5.41) is 14.0. The zero-order chi connectivity index (χ0) is 17.1. The lowest BCUT2D eigenvalue weighted by Crippen LogP contribution is -2.17. The van der Waals surface area contributed by atoms with Crippen LogP contribution in [-0.2, 0) is 4.79 Å². The summed E-state index contributed by atoms with van der Waals surface area (Å²) in [4.78, 5) is 37.8. The third kappa shape index (κ3) is 3.80. The van der Waals surface area contributed by atoms with Gasteiger partial charge in [-0.05, 0) is 18.9 Å². The Morgan fingerprint density at radius 3 is 2.83 bits per heavy atom. The summed E-state index contributed by atoms with van der Waals surface area (Å²) in [5.41, 5.74) is -0.370. The van der Waals surface area contributed by atoms with E-state index in [1.807, 2.05) is 4.57 Å². The Morgan fingerprint density at radius 1 is 1.38 bits per heavy atom. The van der Waals surface area contributed by atoms with Gasteiger partial charge in [0.15, 0.2) is 5.16 Å². The third-order valence-corrected chi connectivity index (χ3v) is 4.42. The molecule has 24 heavy (non-hydrogen) atoms. The van der Waals surface area contributed by atoms with Crippen LogP contribution in [0.3, 0.4) is 0 Å². The number of rotatable bonds is 6. The van der Waals surface area contributed by atoms with Crippen molar-refractivity contribution in [1.29, 1.82) is 0 Å². The van der Waals surface area contributed by atoms with Crippen molar-refractivity contribution in [2.75, 3.05) is 11.1 Å². The second-order valence-corrected chi connectivity index (χ2v) is 6.24. The van der Waals surface area contributed by atoms with Crippen LogP contribution in [0.4, 0.5) is 11.4 Å². The van der Waals surface area contributed by atoms with Crippen LogP contribution in [-0.4, -0.2) is 26.1 Å². The van der Waals surface area contributed by atoms with Crippen LogP contribution >= 0.6 is 11.8 Å². The molecule has 0 unspecified atom stereocenters. The molecule has 1 aromatic heterocycles. The van der Waals surface area contributed by atoms with Crippen LogP contribution in [0, 0.1) is 10.1 Å². The zero-order valence-corrected chi connectivity index (χ0v) is 13.4. The number of nitrogens with zero attached hydrogens (tertiary/aromatic N) is 3. The Hall–Kier alpha value is -2.68. The number of thioether (sulfide) groups is 1. The molecule has 0 atom stereocenters. The lowest BCUT2D eigenvalue weighted by atomic mass is 10.2. The van der Waals surface area contributed by atoms with Gasteiger partial charge < -0.3 is 9.88 Å². The number of carbonyl (C=O) groups is 1. The lowest BCUT2D eigenvalue weighted by molar-refractivity contribution is -0.383. The standard InChI is InChI=1S/C15H14N4O4S/c20-13-7-8-18(10-5-6-10)15(17-13)24-9-14(21)16-11-3-1-2-4-12(11)19(22)23/h1-4,7-8,10H,5-6,9H2,(H,16,21). The van der Waals surface area contributed by atoms with Crippen LogP contribution in [0.5, 0.6) is 0 Å². The number of hydrogen-bond acceptors (Lipinski definition) is 6. The second-order valence-electron chi connectivity index (χ2n) is 5.30. The minimum atomic E-state index is -0.549. The maximum absolute atomic E-state index is 12.1. The van der Waals surface area contributed by atoms with Gasteiger partial charge in [-0.3, -0.25) is 19.7 Å². The van der Waals surface area contributed by atoms with Crippen molar-refractivity contribution in [2.45, 2.75) is 24.0 Å². The van der Waals surface area contributed by atoms with Crippen molar-refractivity contribution in [2.24, 2.45) is 0 Å². The Morgan fingerprint density at radius 2 is 2.12 bits per heavy atom. The minimum Gasteiger partial charge on any atom is -0.324 e. The maximum atomic E-state index is 12.1. The van der Waals surface area contributed by atoms with E-state index in [0.717, 1.165) is 24.6 Å². The number of aromatic nitrogens is 2. The van der Waals surface area contributed by atoms with Crippen LogP contribution < -0.4 is 10.9 Å². The van der Waals surface area contributed by atoms with E-state index in [0.29, 0.717) is 11.2 Å². The molecule has 1 aliphatic rings. The van der Waals surface area contributed by atoms with Crippen molar-refractivity contribution >= 4 is 29.0 Å². The number of hydrogen-bond donors (Lipinski definition) is 1. The molecule has 1 aliphatic carbocycles. The molecule has 124 valence electrons. The molecule has 1 amide bonds. The SMILES string of the molecule is O=C(CSc1nc(=O)ccn1C1CC1)Nc1ccccc1[N+](=O)[O-]. The predicted octanol–water partition coefficient (Wildman–Crippen LogP) is 2.22. The van der Waals surface area contributed by atoms with Crippen LogP contribution in [0.25, 0.3) is 0 Å². The fourth-order valence-electron chi connectivity index (χ4n) is 2.19. The molecule has 0 saturated heterocycles. The van der Waals surface area contributed by atoms with E-state index in [2.05, 4.69) is 10.3 Å². The number of nitro benzene ring substituents is 1. The smallest absolute Gasteiger partial charge is 0.292 e. The van der Waals surface area contributed by atoms with Crippen LogP contribution in [0.2, 0.25) is 0 Å². The lowest BCUT2D eigenvalue weighted by Gasteiger charge is -2.10. The molecule has 1 saturated carbocycles. The van der Waals surface area contributed by atoms with Gasteiger partial charge >= 0.3 is 0 Å². The number of nitro groups is 1. The van der Waals surface area contributed by atoms with E-state index in [9.17, 15) is 19.7 Å². The number of anilines is 1. The number of carbonyl (C=O) groups excluding carboxylic acids is 1. The number of para-hydroxylation sites is 2. The summed E-state index contributed by atoms with van der Waals surface area (Å²) in [7, 11) is 0.